The zero-order valence-corrected chi connectivity index (χ0v) is 29.2. The summed E-state index contributed by atoms with van der Waals surface area (Å²) in [6, 6.07) is 39.9. The molecule has 0 spiro atoms. The van der Waals surface area contributed by atoms with Gasteiger partial charge in [-0.05, 0) is 22.0 Å². The van der Waals surface area contributed by atoms with Crippen LogP contribution in [0.5, 0.6) is 0 Å². The molecule has 6 aromatic rings. The van der Waals surface area contributed by atoms with Crippen LogP contribution < -0.4 is 0 Å². The van der Waals surface area contributed by atoms with Crippen LogP contribution in [0.3, 0.4) is 0 Å². The van der Waals surface area contributed by atoms with E-state index in [1.54, 1.807) is 0 Å². The van der Waals surface area contributed by atoms with Gasteiger partial charge in [-0.15, -0.1) is 70.3 Å². The van der Waals surface area contributed by atoms with Gasteiger partial charge in [0, 0.05) is 26.5 Å². The van der Waals surface area contributed by atoms with Crippen molar-refractivity contribution < 1.29 is 21.1 Å². The Morgan fingerprint density at radius 3 is 1.67 bits per heavy atom. The van der Waals surface area contributed by atoms with Crippen molar-refractivity contribution in [3.05, 3.63) is 155 Å². The zero-order chi connectivity index (χ0) is 30.9. The minimum absolute atomic E-state index is 0. The second kappa shape index (κ2) is 11.1. The van der Waals surface area contributed by atoms with Crippen LogP contribution in [0.4, 0.5) is 0 Å². The Bertz CT molecular complexity index is 1960. The Morgan fingerprint density at radius 2 is 1.09 bits per heavy atom. The summed E-state index contributed by atoms with van der Waals surface area (Å²) in [7, 11) is 4.17. The molecule has 5 heteroatoms. The maximum atomic E-state index is 5.51. The van der Waals surface area contributed by atoms with E-state index < -0.39 is 5.41 Å². The maximum Gasteiger partial charge on any atom is 2.00 e. The van der Waals surface area contributed by atoms with E-state index in [-0.39, 0.29) is 31.9 Å². The molecule has 0 N–H and O–H groups in total. The van der Waals surface area contributed by atoms with Crippen LogP contribution >= 0.6 is 0 Å². The summed E-state index contributed by atoms with van der Waals surface area (Å²) in [5.41, 5.74) is 8.20. The van der Waals surface area contributed by atoms with Crippen LogP contribution in [0.25, 0.3) is 22.8 Å². The third kappa shape index (κ3) is 4.60. The average molecular weight is 770 g/mol. The molecule has 0 unspecified atom stereocenters. The van der Waals surface area contributed by atoms with Gasteiger partial charge in [-0.25, -0.2) is 0 Å². The van der Waals surface area contributed by atoms with Crippen molar-refractivity contribution in [2.75, 3.05) is 0 Å². The van der Waals surface area contributed by atoms with Crippen LogP contribution in [0, 0.1) is 19.1 Å². The topological polar surface area (TPSA) is 35.6 Å². The van der Waals surface area contributed by atoms with Gasteiger partial charge in [-0.2, -0.15) is 0 Å². The Kier molecular flexibility index (Phi) is 7.65. The van der Waals surface area contributed by atoms with Gasteiger partial charge in [0.1, 0.15) is 5.41 Å². The molecule has 1 aliphatic heterocycles. The van der Waals surface area contributed by atoms with Crippen molar-refractivity contribution in [2.24, 2.45) is 14.1 Å². The molecule has 3 heterocycles. The Morgan fingerprint density at radius 1 is 0.578 bits per heavy atom. The molecule has 0 saturated heterocycles. The van der Waals surface area contributed by atoms with Crippen molar-refractivity contribution in [1.29, 1.82) is 0 Å². The minimum Gasteiger partial charge on any atom is -0.373 e. The third-order valence-corrected chi connectivity index (χ3v) is 10.3. The molecule has 8 bridgehead atoms. The molecular formula is C40H38N4Pt. The molecule has 45 heavy (non-hydrogen) atoms. The number of imidazole rings is 2. The normalized spacial score (nSPS) is 15.8. The first kappa shape index (κ1) is 31.0. The predicted octanol–water partition coefficient (Wildman–Crippen LogP) is 8.35. The first-order valence-corrected chi connectivity index (χ1v) is 15.3. The van der Waals surface area contributed by atoms with Crippen molar-refractivity contribution in [3.63, 3.8) is 0 Å². The van der Waals surface area contributed by atoms with E-state index in [1.807, 2.05) is 0 Å². The number of nitrogens with zero attached hydrogens (tertiary/aromatic N) is 4. The first-order chi connectivity index (χ1) is 21.0. The van der Waals surface area contributed by atoms with Gasteiger partial charge in [0.15, 0.2) is 0 Å². The largest absolute Gasteiger partial charge is 2.00 e. The second-order valence-electron chi connectivity index (χ2n) is 13.3. The summed E-state index contributed by atoms with van der Waals surface area (Å²) in [5, 5.41) is 0. The van der Waals surface area contributed by atoms with Crippen molar-refractivity contribution in [3.8, 4) is 22.8 Å². The molecule has 0 fully saturated rings. The fourth-order valence-corrected chi connectivity index (χ4v) is 6.84. The van der Waals surface area contributed by atoms with Gasteiger partial charge in [0.2, 0.25) is 0 Å². The number of hydrogen-bond acceptors (Lipinski definition) is 2. The number of benzene rings is 4. The average Bonchev–Trinajstić information content (AvgIpc) is 3.61. The summed E-state index contributed by atoms with van der Waals surface area (Å²) in [4.78, 5) is 11.0. The van der Waals surface area contributed by atoms with E-state index in [4.69, 9.17) is 9.97 Å². The number of rotatable bonds is 2. The van der Waals surface area contributed by atoms with Gasteiger partial charge >= 0.3 is 21.1 Å². The Labute approximate surface area is 281 Å². The van der Waals surface area contributed by atoms with Crippen LogP contribution in [-0.4, -0.2) is 19.1 Å². The molecule has 0 atom stereocenters. The van der Waals surface area contributed by atoms with E-state index in [1.165, 1.54) is 0 Å². The molecule has 4 nitrogen and oxygen atoms in total. The molecule has 0 amide bonds. The molecular weight excluding hydrogens is 732 g/mol. The first-order valence-electron chi connectivity index (χ1n) is 15.3. The molecule has 0 radical (unpaired) electrons. The minimum atomic E-state index is -0.767. The number of aromatic nitrogens is 4. The third-order valence-electron chi connectivity index (χ3n) is 10.3. The summed E-state index contributed by atoms with van der Waals surface area (Å²) in [5.74, 6) is 1.77. The fraction of sp³-hybridized carbons (Fsp3) is 0.250. The van der Waals surface area contributed by atoms with Gasteiger partial charge in [-0.1, -0.05) is 95.3 Å². The smallest absolute Gasteiger partial charge is 0.373 e. The van der Waals surface area contributed by atoms with Gasteiger partial charge in [-0.3, -0.25) is 9.97 Å². The molecule has 7 rings (SSSR count). The maximum absolute atomic E-state index is 5.51. The SMILES string of the molecule is Cc1ccc2[c-]c1-c1nc(cn1C)C(c1ccccc1)(c1ccccc1)c1cn(C)c(n1)-c1[c-]c(ccc1)C(C)(C)C2(C)C.[Pt+2]. The van der Waals surface area contributed by atoms with Crippen LogP contribution in [0.1, 0.15) is 66.9 Å². The summed E-state index contributed by atoms with van der Waals surface area (Å²) in [6.45, 7) is 11.4. The van der Waals surface area contributed by atoms with Gasteiger partial charge in [0.25, 0.3) is 0 Å². The van der Waals surface area contributed by atoms with E-state index in [9.17, 15) is 0 Å². The summed E-state index contributed by atoms with van der Waals surface area (Å²) in [6.07, 6.45) is 4.35. The van der Waals surface area contributed by atoms with E-state index in [0.717, 1.165) is 62.0 Å². The summed E-state index contributed by atoms with van der Waals surface area (Å²) >= 11 is 0. The second-order valence-corrected chi connectivity index (χ2v) is 13.3. The fourth-order valence-electron chi connectivity index (χ4n) is 6.84. The van der Waals surface area contributed by atoms with Crippen LogP contribution in [0.2, 0.25) is 0 Å². The standard InChI is InChI=1S/C40H38N4.Pt/c1-27-21-22-32-24-33(27)37-42-35(26-44(37)7)40(29-16-10-8-11-17-29,30-18-12-9-13-19-30)34-25-43(6)36(41-34)28-15-14-20-31(23-28)38(2,3)39(32,4)5;/h8-22,25-26H,1-7H3;/q-2;+2. The van der Waals surface area contributed by atoms with E-state index in [0.29, 0.717) is 0 Å². The molecule has 2 aromatic heterocycles. The monoisotopic (exact) mass is 769 g/mol. The molecule has 1 aliphatic rings. The molecule has 4 aromatic carbocycles. The number of hydrogen-bond donors (Lipinski definition) is 0. The van der Waals surface area contributed by atoms with Crippen molar-refractivity contribution in [1.82, 2.24) is 19.1 Å². The van der Waals surface area contributed by atoms with Crippen LogP contribution in [0.15, 0.2) is 103 Å². The molecule has 228 valence electrons. The van der Waals surface area contributed by atoms with E-state index >= 15 is 0 Å². The van der Waals surface area contributed by atoms with Crippen molar-refractivity contribution in [2.45, 2.75) is 50.9 Å². The molecule has 0 aliphatic carbocycles. The quantitative estimate of drug-likeness (QED) is 0.166. The summed E-state index contributed by atoms with van der Waals surface area (Å²) < 4.78 is 4.29. The number of fused-ring (bicyclic) bond motifs is 10. The molecule has 0 saturated carbocycles. The zero-order valence-electron chi connectivity index (χ0n) is 26.9. The Hall–Kier alpha value is -4.01. The van der Waals surface area contributed by atoms with Crippen molar-refractivity contribution >= 4 is 0 Å². The Balaban J connectivity index is 0.00000357. The predicted molar refractivity (Wildman–Crippen MR) is 178 cm³/mol. The number of aryl methyl sites for hydroxylation is 3. The van der Waals surface area contributed by atoms with Crippen LogP contribution in [-0.2, 0) is 51.4 Å². The van der Waals surface area contributed by atoms with Gasteiger partial charge < -0.3 is 9.13 Å². The van der Waals surface area contributed by atoms with E-state index in [2.05, 4.69) is 173 Å². The van der Waals surface area contributed by atoms with Gasteiger partial charge in [0.05, 0.1) is 23.0 Å².